The molecule has 0 bridgehead atoms. The largest absolute Gasteiger partial charge is 0.392 e. The Hall–Kier alpha value is -1.90. The predicted molar refractivity (Wildman–Crippen MR) is 89.5 cm³/mol. The van der Waals surface area contributed by atoms with E-state index in [0.717, 1.165) is 18.4 Å². The Morgan fingerprint density at radius 3 is 2.19 bits per heavy atom. The minimum atomic E-state index is 0.113. The second-order valence-corrected chi connectivity index (χ2v) is 5.97. The first kappa shape index (κ1) is 14.1. The summed E-state index contributed by atoms with van der Waals surface area (Å²) < 4.78 is 0. The van der Waals surface area contributed by atoms with Gasteiger partial charge >= 0.3 is 0 Å². The number of benzene rings is 2. The molecule has 0 aliphatic carbocycles. The van der Waals surface area contributed by atoms with Crippen LogP contribution in [0.15, 0.2) is 65.4 Å². The molecule has 3 rings (SSSR count). The van der Waals surface area contributed by atoms with Gasteiger partial charge in [0.1, 0.15) is 0 Å². The molecule has 0 saturated heterocycles. The van der Waals surface area contributed by atoms with Crippen LogP contribution in [0.2, 0.25) is 0 Å². The van der Waals surface area contributed by atoms with Crippen LogP contribution in [0.1, 0.15) is 16.7 Å². The zero-order valence-electron chi connectivity index (χ0n) is 11.8. The molecule has 1 heterocycles. The fourth-order valence-electron chi connectivity index (χ4n) is 2.51. The quantitative estimate of drug-likeness (QED) is 0.723. The van der Waals surface area contributed by atoms with Gasteiger partial charge in [0, 0.05) is 0 Å². The van der Waals surface area contributed by atoms with Gasteiger partial charge in [0.05, 0.1) is 6.61 Å². The average Bonchev–Trinajstić information content (AvgIpc) is 3.08. The minimum absolute atomic E-state index is 0.113. The molecule has 2 heteroatoms. The van der Waals surface area contributed by atoms with Crippen molar-refractivity contribution in [3.63, 3.8) is 0 Å². The van der Waals surface area contributed by atoms with Gasteiger partial charge in [-0.25, -0.2) is 0 Å². The Bertz CT molecular complexity index is 701. The third-order valence-electron chi connectivity index (χ3n) is 3.66. The summed E-state index contributed by atoms with van der Waals surface area (Å²) in [5.74, 6) is 0. The van der Waals surface area contributed by atoms with Crippen LogP contribution < -0.4 is 0 Å². The summed E-state index contributed by atoms with van der Waals surface area (Å²) in [5, 5.41) is 13.5. The predicted octanol–water partition coefficient (Wildman–Crippen LogP) is 4.69. The Kier molecular flexibility index (Phi) is 4.49. The summed E-state index contributed by atoms with van der Waals surface area (Å²) in [6, 6.07) is 19.1. The van der Waals surface area contributed by atoms with Crippen LogP contribution in [-0.4, -0.2) is 5.11 Å². The second-order valence-electron chi connectivity index (χ2n) is 5.19. The highest BCUT2D eigenvalue weighted by Crippen LogP contribution is 2.23. The lowest BCUT2D eigenvalue weighted by molar-refractivity contribution is 0.281. The molecule has 1 nitrogen and oxygen atoms in total. The Labute approximate surface area is 129 Å². The topological polar surface area (TPSA) is 20.2 Å². The number of thiophene rings is 1. The third kappa shape index (κ3) is 3.60. The van der Waals surface area contributed by atoms with Crippen molar-refractivity contribution in [3.8, 4) is 11.1 Å². The molecule has 0 aliphatic heterocycles. The van der Waals surface area contributed by atoms with Gasteiger partial charge in [0.15, 0.2) is 0 Å². The average molecular weight is 294 g/mol. The number of aliphatic hydroxyl groups excluding tert-OH is 1. The van der Waals surface area contributed by atoms with Gasteiger partial charge in [-0.1, -0.05) is 48.5 Å². The van der Waals surface area contributed by atoms with Gasteiger partial charge in [-0.15, -0.1) is 0 Å². The van der Waals surface area contributed by atoms with Crippen molar-refractivity contribution in [2.45, 2.75) is 19.4 Å². The highest BCUT2D eigenvalue weighted by Gasteiger charge is 2.01. The van der Waals surface area contributed by atoms with Gasteiger partial charge in [-0.05, 0) is 57.5 Å². The molecule has 0 unspecified atom stereocenters. The maximum atomic E-state index is 9.19. The molecule has 0 amide bonds. The summed E-state index contributed by atoms with van der Waals surface area (Å²) in [6.07, 6.45) is 2.02. The number of hydrogen-bond acceptors (Lipinski definition) is 2. The molecule has 0 fully saturated rings. The molecule has 0 spiro atoms. The fourth-order valence-corrected chi connectivity index (χ4v) is 3.17. The maximum absolute atomic E-state index is 9.19. The molecule has 0 atom stereocenters. The molecular weight excluding hydrogens is 276 g/mol. The highest BCUT2D eigenvalue weighted by molar-refractivity contribution is 7.08. The van der Waals surface area contributed by atoms with E-state index in [4.69, 9.17) is 0 Å². The number of aliphatic hydroxyl groups is 1. The highest BCUT2D eigenvalue weighted by atomic mass is 32.1. The minimum Gasteiger partial charge on any atom is -0.392 e. The molecule has 1 N–H and O–H groups in total. The van der Waals surface area contributed by atoms with Crippen molar-refractivity contribution in [1.29, 1.82) is 0 Å². The molecule has 0 saturated carbocycles. The van der Waals surface area contributed by atoms with Gasteiger partial charge < -0.3 is 5.11 Å². The van der Waals surface area contributed by atoms with E-state index in [9.17, 15) is 5.11 Å². The van der Waals surface area contributed by atoms with E-state index >= 15 is 0 Å². The van der Waals surface area contributed by atoms with E-state index < -0.39 is 0 Å². The van der Waals surface area contributed by atoms with Crippen molar-refractivity contribution in [3.05, 3.63) is 82.0 Å². The van der Waals surface area contributed by atoms with Gasteiger partial charge in [-0.3, -0.25) is 0 Å². The van der Waals surface area contributed by atoms with Crippen LogP contribution in [0.4, 0.5) is 0 Å². The molecule has 106 valence electrons. The van der Waals surface area contributed by atoms with Crippen LogP contribution in [0.3, 0.4) is 0 Å². The summed E-state index contributed by atoms with van der Waals surface area (Å²) in [4.78, 5) is 0. The smallest absolute Gasteiger partial charge is 0.0681 e. The molecule has 0 radical (unpaired) electrons. The zero-order chi connectivity index (χ0) is 14.5. The molecular formula is C19H18OS. The van der Waals surface area contributed by atoms with Gasteiger partial charge in [0.25, 0.3) is 0 Å². The van der Waals surface area contributed by atoms with Crippen LogP contribution in [-0.2, 0) is 19.4 Å². The molecule has 2 aromatic carbocycles. The van der Waals surface area contributed by atoms with Crippen LogP contribution in [0.5, 0.6) is 0 Å². The summed E-state index contributed by atoms with van der Waals surface area (Å²) in [5.41, 5.74) is 6.21. The van der Waals surface area contributed by atoms with Crippen molar-refractivity contribution in [2.75, 3.05) is 0 Å². The lowest BCUT2D eigenvalue weighted by atomic mass is 10.00. The van der Waals surface area contributed by atoms with Gasteiger partial charge in [0.2, 0.25) is 0 Å². The van der Waals surface area contributed by atoms with E-state index in [1.54, 1.807) is 11.3 Å². The number of rotatable bonds is 5. The van der Waals surface area contributed by atoms with Crippen LogP contribution in [0.25, 0.3) is 11.1 Å². The molecule has 21 heavy (non-hydrogen) atoms. The van der Waals surface area contributed by atoms with E-state index in [1.165, 1.54) is 22.3 Å². The van der Waals surface area contributed by atoms with E-state index in [2.05, 4.69) is 53.2 Å². The number of aryl methyl sites for hydroxylation is 2. The van der Waals surface area contributed by atoms with E-state index in [-0.39, 0.29) is 6.61 Å². The lowest BCUT2D eigenvalue weighted by Crippen LogP contribution is -1.93. The SMILES string of the molecule is OCc1cccc(CCc2cccc(-c3ccsc3)c2)c1. The second kappa shape index (κ2) is 6.70. The number of hydrogen-bond donors (Lipinski definition) is 1. The van der Waals surface area contributed by atoms with Crippen molar-refractivity contribution < 1.29 is 5.11 Å². The van der Waals surface area contributed by atoms with Crippen LogP contribution in [0, 0.1) is 0 Å². The Morgan fingerprint density at radius 2 is 1.48 bits per heavy atom. The Morgan fingerprint density at radius 1 is 0.762 bits per heavy atom. The zero-order valence-corrected chi connectivity index (χ0v) is 12.6. The normalized spacial score (nSPS) is 10.7. The van der Waals surface area contributed by atoms with Crippen molar-refractivity contribution >= 4 is 11.3 Å². The summed E-state index contributed by atoms with van der Waals surface area (Å²) >= 11 is 1.73. The molecule has 3 aromatic rings. The third-order valence-corrected chi connectivity index (χ3v) is 4.34. The first-order chi connectivity index (χ1) is 10.3. The van der Waals surface area contributed by atoms with Gasteiger partial charge in [-0.2, -0.15) is 11.3 Å². The monoisotopic (exact) mass is 294 g/mol. The first-order valence-electron chi connectivity index (χ1n) is 7.15. The Balaban J connectivity index is 1.72. The van der Waals surface area contributed by atoms with Crippen molar-refractivity contribution in [1.82, 2.24) is 0 Å². The molecule has 0 aliphatic rings. The van der Waals surface area contributed by atoms with E-state index in [1.807, 2.05) is 12.1 Å². The lowest BCUT2D eigenvalue weighted by Gasteiger charge is -2.06. The first-order valence-corrected chi connectivity index (χ1v) is 8.09. The van der Waals surface area contributed by atoms with Crippen molar-refractivity contribution in [2.24, 2.45) is 0 Å². The molecule has 1 aromatic heterocycles. The van der Waals surface area contributed by atoms with Crippen LogP contribution >= 0.6 is 11.3 Å². The standard InChI is InChI=1S/C19H18OS/c20-13-17-5-1-3-15(11-17)7-8-16-4-2-6-18(12-16)19-9-10-21-14-19/h1-6,9-12,14,20H,7-8,13H2. The van der Waals surface area contributed by atoms with E-state index in [0.29, 0.717) is 0 Å². The summed E-state index contributed by atoms with van der Waals surface area (Å²) in [6.45, 7) is 0.113. The maximum Gasteiger partial charge on any atom is 0.0681 e. The summed E-state index contributed by atoms with van der Waals surface area (Å²) in [7, 11) is 0. The fraction of sp³-hybridized carbons (Fsp3) is 0.158.